The zero-order chi connectivity index (χ0) is 15.1. The van der Waals surface area contributed by atoms with Crippen LogP contribution < -0.4 is 0 Å². The van der Waals surface area contributed by atoms with Gasteiger partial charge in [0.15, 0.2) is 0 Å². The van der Waals surface area contributed by atoms with Gasteiger partial charge in [-0.1, -0.05) is 13.8 Å². The number of hydrogen-bond donors (Lipinski definition) is 1. The molecule has 0 aromatic carbocycles. The van der Waals surface area contributed by atoms with Crippen molar-refractivity contribution in [1.82, 2.24) is 9.80 Å². The third-order valence-corrected chi connectivity index (χ3v) is 3.89. The topological polar surface area (TPSA) is 60.9 Å². The molecule has 1 aliphatic rings. The number of urea groups is 1. The van der Waals surface area contributed by atoms with Crippen molar-refractivity contribution in [2.75, 3.05) is 26.2 Å². The summed E-state index contributed by atoms with van der Waals surface area (Å²) in [6.07, 6.45) is 2.84. The van der Waals surface area contributed by atoms with Crippen LogP contribution in [0.25, 0.3) is 0 Å². The molecule has 0 unspecified atom stereocenters. The van der Waals surface area contributed by atoms with Gasteiger partial charge in [0.2, 0.25) is 0 Å². The molecule has 1 N–H and O–H groups in total. The molecule has 0 aromatic rings. The number of likely N-dealkylation sites (tertiary alicyclic amines) is 1. The average molecular weight is 284 g/mol. The SMILES string of the molecule is CCN(CC(C)C)C(=O)N1CCC(CCC(=O)O)CC1. The van der Waals surface area contributed by atoms with Crippen LogP contribution in [0.3, 0.4) is 0 Å². The number of carboxylic acids is 1. The number of carbonyl (C=O) groups is 2. The Morgan fingerprint density at radius 3 is 2.35 bits per heavy atom. The summed E-state index contributed by atoms with van der Waals surface area (Å²) in [4.78, 5) is 26.8. The fourth-order valence-corrected chi connectivity index (χ4v) is 2.72. The van der Waals surface area contributed by atoms with Crippen LogP contribution in [0, 0.1) is 11.8 Å². The number of piperidine rings is 1. The van der Waals surface area contributed by atoms with E-state index in [1.54, 1.807) is 0 Å². The first kappa shape index (κ1) is 16.8. The molecule has 20 heavy (non-hydrogen) atoms. The van der Waals surface area contributed by atoms with Crippen LogP contribution in [0.4, 0.5) is 4.79 Å². The van der Waals surface area contributed by atoms with Crippen molar-refractivity contribution in [2.24, 2.45) is 11.8 Å². The van der Waals surface area contributed by atoms with Crippen LogP contribution >= 0.6 is 0 Å². The van der Waals surface area contributed by atoms with E-state index in [1.807, 2.05) is 16.7 Å². The fraction of sp³-hybridized carbons (Fsp3) is 0.867. The molecule has 2 amide bonds. The summed E-state index contributed by atoms with van der Waals surface area (Å²) in [5.74, 6) is 0.208. The molecule has 0 aliphatic carbocycles. The van der Waals surface area contributed by atoms with Crippen molar-refractivity contribution < 1.29 is 14.7 Å². The molecule has 116 valence electrons. The zero-order valence-electron chi connectivity index (χ0n) is 13.0. The van der Waals surface area contributed by atoms with E-state index in [1.165, 1.54) is 0 Å². The molecule has 0 aromatic heterocycles. The number of carbonyl (C=O) groups excluding carboxylic acids is 1. The Morgan fingerprint density at radius 2 is 1.90 bits per heavy atom. The predicted molar refractivity (Wildman–Crippen MR) is 78.6 cm³/mol. The minimum Gasteiger partial charge on any atom is -0.481 e. The van der Waals surface area contributed by atoms with Crippen LogP contribution in [-0.2, 0) is 4.79 Å². The molecule has 1 rings (SSSR count). The Balaban J connectivity index is 2.39. The Hall–Kier alpha value is -1.26. The molecular weight excluding hydrogens is 256 g/mol. The maximum atomic E-state index is 12.4. The third-order valence-electron chi connectivity index (χ3n) is 3.89. The van der Waals surface area contributed by atoms with Gasteiger partial charge in [-0.05, 0) is 38.0 Å². The number of rotatable bonds is 6. The summed E-state index contributed by atoms with van der Waals surface area (Å²) in [5.41, 5.74) is 0. The molecule has 1 saturated heterocycles. The highest BCUT2D eigenvalue weighted by atomic mass is 16.4. The number of nitrogens with zero attached hydrogens (tertiary/aromatic N) is 2. The molecule has 5 nitrogen and oxygen atoms in total. The number of aliphatic carboxylic acids is 1. The standard InChI is InChI=1S/C15H28N2O3/c1-4-16(11-12(2)3)15(20)17-9-7-13(8-10-17)5-6-14(18)19/h12-13H,4-11H2,1-3H3,(H,18,19). The van der Waals surface area contributed by atoms with Crippen LogP contribution in [0.2, 0.25) is 0 Å². The summed E-state index contributed by atoms with van der Waals surface area (Å²) < 4.78 is 0. The van der Waals surface area contributed by atoms with Crippen LogP contribution in [0.15, 0.2) is 0 Å². The van der Waals surface area contributed by atoms with E-state index in [4.69, 9.17) is 5.11 Å². The maximum Gasteiger partial charge on any atom is 0.319 e. The third kappa shape index (κ3) is 5.39. The predicted octanol–water partition coefficient (Wildman–Crippen LogP) is 2.66. The number of carboxylic acid groups (broad SMARTS) is 1. The van der Waals surface area contributed by atoms with Gasteiger partial charge in [0.25, 0.3) is 0 Å². The zero-order valence-corrected chi connectivity index (χ0v) is 13.0. The first-order chi connectivity index (χ1) is 9.43. The molecular formula is C15H28N2O3. The Labute approximate surface area is 121 Å². The molecule has 0 saturated carbocycles. The largest absolute Gasteiger partial charge is 0.481 e. The van der Waals surface area contributed by atoms with E-state index in [0.29, 0.717) is 11.8 Å². The first-order valence-corrected chi connectivity index (χ1v) is 7.69. The van der Waals surface area contributed by atoms with E-state index in [9.17, 15) is 9.59 Å². The van der Waals surface area contributed by atoms with E-state index >= 15 is 0 Å². The Bertz CT molecular complexity index is 323. The average Bonchev–Trinajstić information content (AvgIpc) is 2.42. The van der Waals surface area contributed by atoms with Crippen molar-refractivity contribution in [1.29, 1.82) is 0 Å². The first-order valence-electron chi connectivity index (χ1n) is 7.69. The second-order valence-corrected chi connectivity index (χ2v) is 6.08. The lowest BCUT2D eigenvalue weighted by atomic mass is 9.92. The highest BCUT2D eigenvalue weighted by Gasteiger charge is 2.26. The molecule has 5 heteroatoms. The van der Waals surface area contributed by atoms with E-state index in [0.717, 1.165) is 45.4 Å². The summed E-state index contributed by atoms with van der Waals surface area (Å²) in [6, 6.07) is 0.137. The van der Waals surface area contributed by atoms with Gasteiger partial charge in [-0.2, -0.15) is 0 Å². The van der Waals surface area contributed by atoms with E-state index in [-0.39, 0.29) is 12.5 Å². The smallest absolute Gasteiger partial charge is 0.319 e. The van der Waals surface area contributed by atoms with Gasteiger partial charge in [-0.25, -0.2) is 4.79 Å². The molecule has 0 radical (unpaired) electrons. The summed E-state index contributed by atoms with van der Waals surface area (Å²) in [7, 11) is 0. The van der Waals surface area contributed by atoms with Crippen LogP contribution in [0.1, 0.15) is 46.5 Å². The second kappa shape index (κ2) is 8.12. The quantitative estimate of drug-likeness (QED) is 0.815. The molecule has 1 fully saturated rings. The van der Waals surface area contributed by atoms with Crippen molar-refractivity contribution in [3.8, 4) is 0 Å². The minimum absolute atomic E-state index is 0.137. The monoisotopic (exact) mass is 284 g/mol. The summed E-state index contributed by atoms with van der Waals surface area (Å²) in [5, 5.41) is 8.70. The Kier molecular flexibility index (Phi) is 6.82. The van der Waals surface area contributed by atoms with Crippen LogP contribution in [0.5, 0.6) is 0 Å². The molecule has 0 atom stereocenters. The Morgan fingerprint density at radius 1 is 1.30 bits per heavy atom. The highest BCUT2D eigenvalue weighted by Crippen LogP contribution is 2.22. The molecule has 0 bridgehead atoms. The fourth-order valence-electron chi connectivity index (χ4n) is 2.72. The summed E-state index contributed by atoms with van der Waals surface area (Å²) >= 11 is 0. The second-order valence-electron chi connectivity index (χ2n) is 6.08. The van der Waals surface area contributed by atoms with Crippen molar-refractivity contribution in [2.45, 2.75) is 46.5 Å². The van der Waals surface area contributed by atoms with Crippen molar-refractivity contribution >= 4 is 12.0 Å². The van der Waals surface area contributed by atoms with Gasteiger partial charge in [0, 0.05) is 32.6 Å². The van der Waals surface area contributed by atoms with Gasteiger partial charge in [-0.3, -0.25) is 4.79 Å². The lowest BCUT2D eigenvalue weighted by Gasteiger charge is -2.36. The van der Waals surface area contributed by atoms with Gasteiger partial charge < -0.3 is 14.9 Å². The normalized spacial score (nSPS) is 16.5. The van der Waals surface area contributed by atoms with Crippen LogP contribution in [-0.4, -0.2) is 53.1 Å². The molecule has 1 aliphatic heterocycles. The van der Waals surface area contributed by atoms with Crippen molar-refractivity contribution in [3.05, 3.63) is 0 Å². The van der Waals surface area contributed by atoms with E-state index < -0.39 is 5.97 Å². The lowest BCUT2D eigenvalue weighted by Crippen LogP contribution is -2.47. The van der Waals surface area contributed by atoms with Crippen molar-refractivity contribution in [3.63, 3.8) is 0 Å². The summed E-state index contributed by atoms with van der Waals surface area (Å²) in [6.45, 7) is 9.32. The molecule has 0 spiro atoms. The van der Waals surface area contributed by atoms with Gasteiger partial charge in [-0.15, -0.1) is 0 Å². The lowest BCUT2D eigenvalue weighted by molar-refractivity contribution is -0.137. The number of hydrogen-bond acceptors (Lipinski definition) is 2. The van der Waals surface area contributed by atoms with E-state index in [2.05, 4.69) is 13.8 Å². The van der Waals surface area contributed by atoms with Gasteiger partial charge >= 0.3 is 12.0 Å². The molecule has 1 heterocycles. The minimum atomic E-state index is -0.724. The van der Waals surface area contributed by atoms with Gasteiger partial charge in [0.05, 0.1) is 0 Å². The highest BCUT2D eigenvalue weighted by molar-refractivity contribution is 5.74. The van der Waals surface area contributed by atoms with Gasteiger partial charge in [0.1, 0.15) is 0 Å². The number of amides is 2. The maximum absolute atomic E-state index is 12.4.